The third kappa shape index (κ3) is 3.61. The molecule has 0 aromatic heterocycles. The van der Waals surface area contributed by atoms with Crippen LogP contribution in [-0.2, 0) is 9.53 Å². The summed E-state index contributed by atoms with van der Waals surface area (Å²) < 4.78 is 20.9. The van der Waals surface area contributed by atoms with Crippen LogP contribution in [0.1, 0.15) is 18.7 Å². The summed E-state index contributed by atoms with van der Waals surface area (Å²) in [5, 5.41) is 6.78. The Hall–Kier alpha value is -1.99. The molecule has 2 N–H and O–H groups in total. The lowest BCUT2D eigenvalue weighted by molar-refractivity contribution is -0.142. The second-order valence-corrected chi connectivity index (χ2v) is 5.02. The van der Waals surface area contributed by atoms with E-state index in [-0.39, 0.29) is 12.8 Å². The second-order valence-electron chi connectivity index (χ2n) is 5.02. The fourth-order valence-electron chi connectivity index (χ4n) is 2.37. The number of ether oxygens (including phenoxy) is 4. The molecule has 2 atom stereocenters. The van der Waals surface area contributed by atoms with Crippen molar-refractivity contribution in [3.63, 3.8) is 0 Å². The molecule has 7 heteroatoms. The number of rotatable bonds is 6. The summed E-state index contributed by atoms with van der Waals surface area (Å²) in [5.74, 6) is 1.28. The largest absolute Gasteiger partial charge is 0.496 e. The van der Waals surface area contributed by atoms with Gasteiger partial charge in [-0.05, 0) is 6.92 Å². The summed E-state index contributed by atoms with van der Waals surface area (Å²) in [5.41, 5.74) is 0.875. The van der Waals surface area contributed by atoms with Crippen LogP contribution in [0, 0.1) is 0 Å². The van der Waals surface area contributed by atoms with E-state index in [1.54, 1.807) is 26.4 Å². The van der Waals surface area contributed by atoms with E-state index in [1.165, 1.54) is 7.11 Å². The lowest BCUT2D eigenvalue weighted by Gasteiger charge is -2.20. The van der Waals surface area contributed by atoms with Crippen LogP contribution < -0.4 is 24.8 Å². The Bertz CT molecular complexity index is 510. The summed E-state index contributed by atoms with van der Waals surface area (Å²) in [6.45, 7) is 2.79. The molecule has 122 valence electrons. The second kappa shape index (κ2) is 7.33. The zero-order chi connectivity index (χ0) is 16.1. The van der Waals surface area contributed by atoms with Crippen molar-refractivity contribution < 1.29 is 23.7 Å². The van der Waals surface area contributed by atoms with Crippen molar-refractivity contribution in [2.75, 3.05) is 34.5 Å². The quantitative estimate of drug-likeness (QED) is 0.754. The number of benzene rings is 1. The minimum Gasteiger partial charge on any atom is -0.496 e. The van der Waals surface area contributed by atoms with Crippen LogP contribution in [-0.4, -0.2) is 46.5 Å². The predicted octanol–water partition coefficient (Wildman–Crippen LogP) is 0.835. The topological polar surface area (TPSA) is 78.1 Å². The van der Waals surface area contributed by atoms with Crippen LogP contribution in [0.25, 0.3) is 0 Å². The Morgan fingerprint density at radius 2 is 1.86 bits per heavy atom. The number of carbonyl (C=O) groups excluding carboxylic acids is 1. The fourth-order valence-corrected chi connectivity index (χ4v) is 2.37. The van der Waals surface area contributed by atoms with Crippen molar-refractivity contribution in [2.24, 2.45) is 0 Å². The molecule has 2 rings (SSSR count). The third-order valence-corrected chi connectivity index (χ3v) is 3.47. The molecule has 0 saturated carbocycles. The highest BCUT2D eigenvalue weighted by atomic mass is 16.6. The summed E-state index contributed by atoms with van der Waals surface area (Å²) in [6, 6.07) is 3.81. The lowest BCUT2D eigenvalue weighted by Crippen LogP contribution is -2.25. The first-order chi connectivity index (χ1) is 10.6. The predicted molar refractivity (Wildman–Crippen MR) is 80.4 cm³/mol. The monoisotopic (exact) mass is 310 g/mol. The van der Waals surface area contributed by atoms with Crippen LogP contribution in [0.2, 0.25) is 0 Å². The number of nitrogens with one attached hydrogen (secondary N) is 2. The van der Waals surface area contributed by atoms with Gasteiger partial charge in [-0.25, -0.2) is 4.79 Å². The van der Waals surface area contributed by atoms with Gasteiger partial charge in [0.25, 0.3) is 0 Å². The standard InChI is InChI=1S/C15H22N2O5/c1-9-7-16-15(17-9)14-11(19-2)5-10(6-12(14)20-3)22-8-13(18)21-4/h5-6,9,15-17H,7-8H2,1-4H3. The van der Waals surface area contributed by atoms with Crippen LogP contribution in [0.4, 0.5) is 0 Å². The Morgan fingerprint density at radius 1 is 1.23 bits per heavy atom. The molecule has 2 unspecified atom stereocenters. The fraction of sp³-hybridized carbons (Fsp3) is 0.533. The number of carbonyl (C=O) groups is 1. The van der Waals surface area contributed by atoms with Crippen LogP contribution in [0.3, 0.4) is 0 Å². The van der Waals surface area contributed by atoms with E-state index in [4.69, 9.17) is 14.2 Å². The van der Waals surface area contributed by atoms with Crippen molar-refractivity contribution in [1.29, 1.82) is 0 Å². The van der Waals surface area contributed by atoms with Gasteiger partial charge in [0, 0.05) is 24.7 Å². The maximum Gasteiger partial charge on any atom is 0.343 e. The van der Waals surface area contributed by atoms with E-state index >= 15 is 0 Å². The molecule has 1 aromatic rings. The number of esters is 1. The molecular formula is C15H22N2O5. The molecule has 0 amide bonds. The van der Waals surface area contributed by atoms with E-state index in [0.29, 0.717) is 23.3 Å². The van der Waals surface area contributed by atoms with E-state index < -0.39 is 5.97 Å². The molecule has 1 aliphatic rings. The van der Waals surface area contributed by atoms with Crippen molar-refractivity contribution in [1.82, 2.24) is 10.6 Å². The maximum atomic E-state index is 11.2. The van der Waals surface area contributed by atoms with E-state index in [0.717, 1.165) is 12.1 Å². The Morgan fingerprint density at radius 3 is 2.32 bits per heavy atom. The molecule has 7 nitrogen and oxygen atoms in total. The van der Waals surface area contributed by atoms with Crippen molar-refractivity contribution >= 4 is 5.97 Å². The number of hydrogen-bond acceptors (Lipinski definition) is 7. The van der Waals surface area contributed by atoms with Gasteiger partial charge in [-0.2, -0.15) is 0 Å². The van der Waals surface area contributed by atoms with Crippen molar-refractivity contribution in [3.8, 4) is 17.2 Å². The Balaban J connectivity index is 2.27. The summed E-state index contributed by atoms with van der Waals surface area (Å²) in [4.78, 5) is 11.2. The lowest BCUT2D eigenvalue weighted by atomic mass is 10.1. The molecule has 1 saturated heterocycles. The summed E-state index contributed by atoms with van der Waals surface area (Å²) in [6.07, 6.45) is -0.0606. The Kier molecular flexibility index (Phi) is 5.46. The number of methoxy groups -OCH3 is 3. The highest BCUT2D eigenvalue weighted by Crippen LogP contribution is 2.38. The first kappa shape index (κ1) is 16.4. The smallest absolute Gasteiger partial charge is 0.343 e. The SMILES string of the molecule is COC(=O)COc1cc(OC)c(C2NCC(C)N2)c(OC)c1. The Labute approximate surface area is 129 Å². The minimum absolute atomic E-state index is 0.0606. The molecule has 0 aliphatic carbocycles. The van der Waals surface area contributed by atoms with Crippen LogP contribution >= 0.6 is 0 Å². The summed E-state index contributed by atoms with van der Waals surface area (Å²) >= 11 is 0. The first-order valence-electron chi connectivity index (χ1n) is 7.04. The van der Waals surface area contributed by atoms with Gasteiger partial charge in [-0.3, -0.25) is 10.6 Å². The minimum atomic E-state index is -0.449. The van der Waals surface area contributed by atoms with Gasteiger partial charge in [0.15, 0.2) is 6.61 Å². The maximum absolute atomic E-state index is 11.2. The van der Waals surface area contributed by atoms with Gasteiger partial charge >= 0.3 is 5.97 Å². The number of hydrogen-bond donors (Lipinski definition) is 2. The van der Waals surface area contributed by atoms with Gasteiger partial charge in [-0.15, -0.1) is 0 Å². The molecule has 0 radical (unpaired) electrons. The van der Waals surface area contributed by atoms with E-state index in [2.05, 4.69) is 22.3 Å². The molecule has 1 aromatic carbocycles. The van der Waals surface area contributed by atoms with Crippen LogP contribution in [0.15, 0.2) is 12.1 Å². The molecule has 22 heavy (non-hydrogen) atoms. The zero-order valence-corrected chi connectivity index (χ0v) is 13.3. The average Bonchev–Trinajstić information content (AvgIpc) is 2.97. The molecule has 0 spiro atoms. The van der Waals surface area contributed by atoms with Gasteiger partial charge < -0.3 is 18.9 Å². The first-order valence-corrected chi connectivity index (χ1v) is 7.04. The molecule has 1 fully saturated rings. The highest BCUT2D eigenvalue weighted by Gasteiger charge is 2.27. The normalized spacial score (nSPS) is 20.5. The van der Waals surface area contributed by atoms with E-state index in [9.17, 15) is 4.79 Å². The summed E-state index contributed by atoms with van der Waals surface area (Å²) in [7, 11) is 4.48. The molecule has 1 aliphatic heterocycles. The molecule has 1 heterocycles. The van der Waals surface area contributed by atoms with Crippen molar-refractivity contribution in [2.45, 2.75) is 19.1 Å². The molecule has 0 bridgehead atoms. The van der Waals surface area contributed by atoms with Gasteiger partial charge in [0.1, 0.15) is 17.2 Å². The van der Waals surface area contributed by atoms with Gasteiger partial charge in [0.05, 0.1) is 33.1 Å². The zero-order valence-electron chi connectivity index (χ0n) is 13.3. The van der Waals surface area contributed by atoms with Gasteiger partial charge in [0.2, 0.25) is 0 Å². The van der Waals surface area contributed by atoms with Gasteiger partial charge in [-0.1, -0.05) is 0 Å². The third-order valence-electron chi connectivity index (χ3n) is 3.47. The van der Waals surface area contributed by atoms with Crippen molar-refractivity contribution in [3.05, 3.63) is 17.7 Å². The average molecular weight is 310 g/mol. The highest BCUT2D eigenvalue weighted by molar-refractivity contribution is 5.71. The van der Waals surface area contributed by atoms with Crippen LogP contribution in [0.5, 0.6) is 17.2 Å². The molecular weight excluding hydrogens is 288 g/mol. The van der Waals surface area contributed by atoms with E-state index in [1.807, 2.05) is 0 Å².